The number of carbonyl (C=O) groups is 2. The van der Waals surface area contributed by atoms with E-state index >= 15 is 0 Å². The van der Waals surface area contributed by atoms with Gasteiger partial charge in [0.1, 0.15) is 5.82 Å². The summed E-state index contributed by atoms with van der Waals surface area (Å²) in [5.74, 6) is -0.424. The van der Waals surface area contributed by atoms with E-state index < -0.39 is 0 Å². The molecule has 1 unspecified atom stereocenters. The van der Waals surface area contributed by atoms with Gasteiger partial charge in [0.2, 0.25) is 5.91 Å². The predicted octanol–water partition coefficient (Wildman–Crippen LogP) is 3.43. The lowest BCUT2D eigenvalue weighted by atomic mass is 10.0. The van der Waals surface area contributed by atoms with Crippen LogP contribution in [0.5, 0.6) is 0 Å². The first-order valence-corrected chi connectivity index (χ1v) is 9.12. The number of halogens is 1. The van der Waals surface area contributed by atoms with Crippen LogP contribution < -0.4 is 5.32 Å². The van der Waals surface area contributed by atoms with Crippen molar-refractivity contribution in [2.24, 2.45) is 0 Å². The summed E-state index contributed by atoms with van der Waals surface area (Å²) in [6.07, 6.45) is 5.88. The molecule has 5 heteroatoms. The number of carbonyl (C=O) groups excluding carboxylic acids is 2. The lowest BCUT2D eigenvalue weighted by Crippen LogP contribution is -2.35. The Morgan fingerprint density at radius 1 is 1.22 bits per heavy atom. The lowest BCUT2D eigenvalue weighted by Gasteiger charge is -2.23. The molecule has 1 N–H and O–H groups in total. The summed E-state index contributed by atoms with van der Waals surface area (Å²) < 4.78 is 13.4. The van der Waals surface area contributed by atoms with Crippen molar-refractivity contribution in [2.75, 3.05) is 13.6 Å². The van der Waals surface area contributed by atoms with Crippen molar-refractivity contribution in [3.05, 3.63) is 77.1 Å². The third kappa shape index (κ3) is 4.82. The summed E-state index contributed by atoms with van der Waals surface area (Å²) >= 11 is 0. The standard InChI is InChI=1S/C22H23FN2O2/c1-24-22(27)18-10-7-16(8-11-18)9-12-21(26)25-13-3-6-20(25)15-17-4-2-5-19(23)14-17/h2,4-5,7-12,14,20H,3,6,13,15H2,1H3,(H,24,27)/b12-9+. The van der Waals surface area contributed by atoms with Crippen LogP contribution in [0, 0.1) is 5.82 Å². The molecule has 0 aromatic heterocycles. The maximum Gasteiger partial charge on any atom is 0.251 e. The highest BCUT2D eigenvalue weighted by atomic mass is 19.1. The zero-order valence-corrected chi connectivity index (χ0v) is 15.3. The third-order valence-electron chi connectivity index (χ3n) is 4.84. The fourth-order valence-electron chi connectivity index (χ4n) is 3.43. The highest BCUT2D eigenvalue weighted by Gasteiger charge is 2.27. The van der Waals surface area contributed by atoms with Gasteiger partial charge in [-0.05, 0) is 60.7 Å². The van der Waals surface area contributed by atoms with Crippen LogP contribution in [0.2, 0.25) is 0 Å². The van der Waals surface area contributed by atoms with E-state index in [1.165, 1.54) is 12.1 Å². The van der Waals surface area contributed by atoms with Crippen molar-refractivity contribution in [1.82, 2.24) is 10.2 Å². The van der Waals surface area contributed by atoms with Crippen LogP contribution in [-0.4, -0.2) is 36.3 Å². The second kappa shape index (κ2) is 8.62. The summed E-state index contributed by atoms with van der Waals surface area (Å²) in [4.78, 5) is 26.0. The largest absolute Gasteiger partial charge is 0.355 e. The Morgan fingerprint density at radius 3 is 2.70 bits per heavy atom. The van der Waals surface area contributed by atoms with Gasteiger partial charge in [-0.3, -0.25) is 9.59 Å². The highest BCUT2D eigenvalue weighted by Crippen LogP contribution is 2.22. The van der Waals surface area contributed by atoms with Gasteiger partial charge in [0, 0.05) is 31.3 Å². The van der Waals surface area contributed by atoms with Crippen LogP contribution in [0.15, 0.2) is 54.6 Å². The zero-order valence-electron chi connectivity index (χ0n) is 15.3. The molecular formula is C22H23FN2O2. The summed E-state index contributed by atoms with van der Waals surface area (Å²) in [5.41, 5.74) is 2.35. The number of hydrogen-bond donors (Lipinski definition) is 1. The van der Waals surface area contributed by atoms with Gasteiger partial charge in [0.05, 0.1) is 0 Å². The number of nitrogens with zero attached hydrogens (tertiary/aromatic N) is 1. The average Bonchev–Trinajstić information content (AvgIpc) is 3.14. The van der Waals surface area contributed by atoms with Gasteiger partial charge < -0.3 is 10.2 Å². The zero-order chi connectivity index (χ0) is 19.2. The molecule has 27 heavy (non-hydrogen) atoms. The van der Waals surface area contributed by atoms with E-state index in [2.05, 4.69) is 5.32 Å². The lowest BCUT2D eigenvalue weighted by molar-refractivity contribution is -0.126. The number of rotatable bonds is 5. The van der Waals surface area contributed by atoms with Crippen molar-refractivity contribution in [1.29, 1.82) is 0 Å². The first kappa shape index (κ1) is 18.8. The number of benzene rings is 2. The van der Waals surface area contributed by atoms with Crippen molar-refractivity contribution >= 4 is 17.9 Å². The Balaban J connectivity index is 1.64. The topological polar surface area (TPSA) is 49.4 Å². The van der Waals surface area contributed by atoms with E-state index in [1.807, 2.05) is 23.1 Å². The molecule has 140 valence electrons. The van der Waals surface area contributed by atoms with Crippen molar-refractivity contribution in [2.45, 2.75) is 25.3 Å². The summed E-state index contributed by atoms with van der Waals surface area (Å²) in [7, 11) is 1.59. The molecule has 0 radical (unpaired) electrons. The maximum absolute atomic E-state index is 13.4. The second-order valence-electron chi connectivity index (χ2n) is 6.70. The minimum atomic E-state index is -0.247. The molecule has 1 atom stereocenters. The molecule has 1 aliphatic rings. The normalized spacial score (nSPS) is 16.7. The molecule has 2 aromatic rings. The van der Waals surface area contributed by atoms with Crippen LogP contribution in [-0.2, 0) is 11.2 Å². The fourth-order valence-corrected chi connectivity index (χ4v) is 3.43. The molecule has 1 aliphatic heterocycles. The number of hydrogen-bond acceptors (Lipinski definition) is 2. The second-order valence-corrected chi connectivity index (χ2v) is 6.70. The molecule has 1 fully saturated rings. The van der Waals surface area contributed by atoms with Crippen molar-refractivity contribution < 1.29 is 14.0 Å². The quantitative estimate of drug-likeness (QED) is 0.824. The number of nitrogens with one attached hydrogen (secondary N) is 1. The minimum absolute atomic E-state index is 0.0377. The van der Waals surface area contributed by atoms with E-state index in [4.69, 9.17) is 0 Å². The first-order valence-electron chi connectivity index (χ1n) is 9.12. The van der Waals surface area contributed by atoms with Crippen LogP contribution >= 0.6 is 0 Å². The number of likely N-dealkylation sites (tertiary alicyclic amines) is 1. The molecule has 2 amide bonds. The molecule has 1 saturated heterocycles. The number of amides is 2. The Bertz CT molecular complexity index is 846. The van der Waals surface area contributed by atoms with E-state index in [9.17, 15) is 14.0 Å². The van der Waals surface area contributed by atoms with Crippen LogP contribution in [0.4, 0.5) is 4.39 Å². The van der Waals surface area contributed by atoms with E-state index in [1.54, 1.807) is 37.4 Å². The Kier molecular flexibility index (Phi) is 6.01. The monoisotopic (exact) mass is 366 g/mol. The minimum Gasteiger partial charge on any atom is -0.355 e. The fraction of sp³-hybridized carbons (Fsp3) is 0.273. The van der Waals surface area contributed by atoms with E-state index in [0.29, 0.717) is 12.0 Å². The predicted molar refractivity (Wildman–Crippen MR) is 104 cm³/mol. The van der Waals surface area contributed by atoms with Crippen LogP contribution in [0.3, 0.4) is 0 Å². The molecule has 0 saturated carbocycles. The Hall–Kier alpha value is -2.95. The van der Waals surface area contributed by atoms with Crippen molar-refractivity contribution in [3.63, 3.8) is 0 Å². The van der Waals surface area contributed by atoms with Crippen LogP contribution in [0.1, 0.15) is 34.3 Å². The van der Waals surface area contributed by atoms with E-state index in [0.717, 1.165) is 30.5 Å². The summed E-state index contributed by atoms with van der Waals surface area (Å²) in [6, 6.07) is 13.7. The molecule has 1 heterocycles. The van der Waals surface area contributed by atoms with Gasteiger partial charge >= 0.3 is 0 Å². The third-order valence-corrected chi connectivity index (χ3v) is 4.84. The summed E-state index contributed by atoms with van der Waals surface area (Å²) in [6.45, 7) is 0.721. The van der Waals surface area contributed by atoms with Gasteiger partial charge in [-0.25, -0.2) is 4.39 Å². The summed E-state index contributed by atoms with van der Waals surface area (Å²) in [5, 5.41) is 2.58. The average molecular weight is 366 g/mol. The van der Waals surface area contributed by atoms with Crippen molar-refractivity contribution in [3.8, 4) is 0 Å². The highest BCUT2D eigenvalue weighted by molar-refractivity contribution is 5.95. The van der Waals surface area contributed by atoms with Gasteiger partial charge in [0.15, 0.2) is 0 Å². The van der Waals surface area contributed by atoms with Gasteiger partial charge in [-0.15, -0.1) is 0 Å². The Morgan fingerprint density at radius 2 is 2.00 bits per heavy atom. The molecule has 0 aliphatic carbocycles. The maximum atomic E-state index is 13.4. The SMILES string of the molecule is CNC(=O)c1ccc(/C=C/C(=O)N2CCCC2Cc2cccc(F)c2)cc1. The molecule has 0 bridgehead atoms. The van der Waals surface area contributed by atoms with Gasteiger partial charge in [-0.1, -0.05) is 24.3 Å². The first-order chi connectivity index (χ1) is 13.1. The molecule has 0 spiro atoms. The molecule has 3 rings (SSSR count). The molecule has 4 nitrogen and oxygen atoms in total. The molecular weight excluding hydrogens is 343 g/mol. The van der Waals surface area contributed by atoms with Gasteiger partial charge in [-0.2, -0.15) is 0 Å². The van der Waals surface area contributed by atoms with Crippen LogP contribution in [0.25, 0.3) is 6.08 Å². The smallest absolute Gasteiger partial charge is 0.251 e. The Labute approximate surface area is 158 Å². The van der Waals surface area contributed by atoms with Gasteiger partial charge in [0.25, 0.3) is 5.91 Å². The molecule has 2 aromatic carbocycles. The van der Waals surface area contributed by atoms with E-state index in [-0.39, 0.29) is 23.7 Å².